The molecule has 30 heavy (non-hydrogen) atoms. The first kappa shape index (κ1) is 23.1. The van der Waals surface area contributed by atoms with Crippen LogP contribution in [0.15, 0.2) is 36.4 Å². The molecule has 2 aromatic rings. The fourth-order valence-corrected chi connectivity index (χ4v) is 3.14. The zero-order valence-electron chi connectivity index (χ0n) is 17.9. The number of hydrogen-bond donors (Lipinski definition) is 3. The summed E-state index contributed by atoms with van der Waals surface area (Å²) in [6.07, 6.45) is -0.0197. The van der Waals surface area contributed by atoms with Gasteiger partial charge in [-0.3, -0.25) is 15.0 Å². The van der Waals surface area contributed by atoms with E-state index in [4.69, 9.17) is 5.26 Å². The van der Waals surface area contributed by atoms with Crippen molar-refractivity contribution in [2.75, 3.05) is 0 Å². The lowest BCUT2D eigenvalue weighted by molar-refractivity contribution is 0.0358. The molecule has 2 amide bonds. The molecule has 0 saturated carbocycles. The van der Waals surface area contributed by atoms with E-state index in [1.807, 2.05) is 26.0 Å². The lowest BCUT2D eigenvalue weighted by atomic mass is 9.75. The molecule has 2 rings (SSSR count). The van der Waals surface area contributed by atoms with Crippen molar-refractivity contribution in [3.05, 3.63) is 64.2 Å². The topological polar surface area (TPSA) is 114 Å². The number of carbonyl (C=O) groups excluding carboxylic acids is 2. The third-order valence-electron chi connectivity index (χ3n) is 4.51. The van der Waals surface area contributed by atoms with Gasteiger partial charge in [0.1, 0.15) is 0 Å². The molecule has 3 N–H and O–H groups in total. The standard InChI is InChI=1S/C22H26BN3O4/c1-14-10-15(2)12-18(11-14)21(28)26(22(3,4)5)25-20(27)17-7-6-16(8-9-24)19(13-17)23(29)30/h6-7,10-13,29-30H,8H2,1-5H3,(H,25,27). The summed E-state index contributed by atoms with van der Waals surface area (Å²) in [5, 5.41) is 29.3. The number of aryl methyl sites for hydroxylation is 2. The molecule has 0 bridgehead atoms. The van der Waals surface area contributed by atoms with Crippen LogP contribution < -0.4 is 10.9 Å². The van der Waals surface area contributed by atoms with Gasteiger partial charge in [-0.15, -0.1) is 0 Å². The molecule has 0 unspecified atom stereocenters. The zero-order chi connectivity index (χ0) is 22.6. The van der Waals surface area contributed by atoms with Crippen molar-refractivity contribution < 1.29 is 19.6 Å². The normalized spacial score (nSPS) is 10.9. The quantitative estimate of drug-likeness (QED) is 0.527. The Balaban J connectivity index is 2.38. The van der Waals surface area contributed by atoms with Crippen LogP contribution in [-0.4, -0.2) is 39.5 Å². The summed E-state index contributed by atoms with van der Waals surface area (Å²) in [5.41, 5.74) is 4.90. The van der Waals surface area contributed by atoms with Gasteiger partial charge in [0.25, 0.3) is 11.8 Å². The number of rotatable bonds is 4. The maximum absolute atomic E-state index is 13.2. The van der Waals surface area contributed by atoms with Crippen molar-refractivity contribution in [3.8, 4) is 6.07 Å². The highest BCUT2D eigenvalue weighted by atomic mass is 16.4. The molecule has 0 heterocycles. The fraction of sp³-hybridized carbons (Fsp3) is 0.318. The molecule has 2 aromatic carbocycles. The van der Waals surface area contributed by atoms with Gasteiger partial charge in [-0.25, -0.2) is 5.01 Å². The zero-order valence-corrected chi connectivity index (χ0v) is 17.9. The predicted molar refractivity (Wildman–Crippen MR) is 115 cm³/mol. The van der Waals surface area contributed by atoms with E-state index in [1.165, 1.54) is 23.2 Å². The highest BCUT2D eigenvalue weighted by molar-refractivity contribution is 6.59. The van der Waals surface area contributed by atoms with E-state index >= 15 is 0 Å². The summed E-state index contributed by atoms with van der Waals surface area (Å²) >= 11 is 0. The number of carbonyl (C=O) groups is 2. The Morgan fingerprint density at radius 1 is 1.07 bits per heavy atom. The Hall–Kier alpha value is -3.15. The molecule has 156 valence electrons. The molecular formula is C22H26BN3O4. The van der Waals surface area contributed by atoms with Crippen molar-refractivity contribution in [2.24, 2.45) is 0 Å². The van der Waals surface area contributed by atoms with Gasteiger partial charge in [-0.1, -0.05) is 23.3 Å². The Kier molecular flexibility index (Phi) is 7.03. The second kappa shape index (κ2) is 9.12. The summed E-state index contributed by atoms with van der Waals surface area (Å²) in [6.45, 7) is 9.19. The summed E-state index contributed by atoms with van der Waals surface area (Å²) < 4.78 is 0. The number of nitrogens with one attached hydrogen (secondary N) is 1. The third-order valence-corrected chi connectivity index (χ3v) is 4.51. The number of nitriles is 1. The molecule has 8 heteroatoms. The predicted octanol–water partition coefficient (Wildman–Crippen LogP) is 1.64. The monoisotopic (exact) mass is 407 g/mol. The van der Waals surface area contributed by atoms with E-state index in [0.29, 0.717) is 11.1 Å². The van der Waals surface area contributed by atoms with Crippen LogP contribution in [0.2, 0.25) is 0 Å². The maximum Gasteiger partial charge on any atom is 0.488 e. The van der Waals surface area contributed by atoms with Crippen LogP contribution >= 0.6 is 0 Å². The van der Waals surface area contributed by atoms with Gasteiger partial charge >= 0.3 is 7.12 Å². The molecule has 0 radical (unpaired) electrons. The van der Waals surface area contributed by atoms with E-state index in [2.05, 4.69) is 5.43 Å². The minimum Gasteiger partial charge on any atom is -0.423 e. The third kappa shape index (κ3) is 5.47. The first-order valence-electron chi connectivity index (χ1n) is 9.53. The largest absolute Gasteiger partial charge is 0.488 e. The van der Waals surface area contributed by atoms with Crippen molar-refractivity contribution in [1.29, 1.82) is 5.26 Å². The lowest BCUT2D eigenvalue weighted by Gasteiger charge is -2.35. The Bertz CT molecular complexity index is 986. The van der Waals surface area contributed by atoms with Gasteiger partial charge in [-0.05, 0) is 69.9 Å². The molecule has 0 atom stereocenters. The van der Waals surface area contributed by atoms with Crippen LogP contribution in [0.1, 0.15) is 58.2 Å². The van der Waals surface area contributed by atoms with E-state index < -0.39 is 18.6 Å². The van der Waals surface area contributed by atoms with Crippen molar-refractivity contribution in [3.63, 3.8) is 0 Å². The van der Waals surface area contributed by atoms with E-state index in [-0.39, 0.29) is 23.4 Å². The molecule has 0 fully saturated rings. The van der Waals surface area contributed by atoms with Gasteiger partial charge in [0, 0.05) is 11.1 Å². The van der Waals surface area contributed by atoms with E-state index in [1.54, 1.807) is 32.9 Å². The fourth-order valence-electron chi connectivity index (χ4n) is 3.14. The SMILES string of the molecule is Cc1cc(C)cc(C(=O)N(NC(=O)c2ccc(CC#N)c(B(O)O)c2)C(C)(C)C)c1. The van der Waals surface area contributed by atoms with Crippen molar-refractivity contribution in [1.82, 2.24) is 10.4 Å². The highest BCUT2D eigenvalue weighted by Crippen LogP contribution is 2.18. The molecular weight excluding hydrogens is 381 g/mol. The van der Waals surface area contributed by atoms with Crippen LogP contribution in [0.4, 0.5) is 0 Å². The van der Waals surface area contributed by atoms with Crippen LogP contribution in [0.3, 0.4) is 0 Å². The molecule has 0 saturated heterocycles. The van der Waals surface area contributed by atoms with Crippen LogP contribution in [0.25, 0.3) is 0 Å². The van der Waals surface area contributed by atoms with Gasteiger partial charge in [0.2, 0.25) is 0 Å². The molecule has 0 aliphatic carbocycles. The second-order valence-corrected chi connectivity index (χ2v) is 8.25. The number of amides is 2. The van der Waals surface area contributed by atoms with Crippen LogP contribution in [0.5, 0.6) is 0 Å². The molecule has 7 nitrogen and oxygen atoms in total. The second-order valence-electron chi connectivity index (χ2n) is 8.25. The lowest BCUT2D eigenvalue weighted by Crippen LogP contribution is -2.56. The molecule has 0 aliphatic rings. The average Bonchev–Trinajstić information content (AvgIpc) is 2.64. The summed E-state index contributed by atoms with van der Waals surface area (Å²) in [4.78, 5) is 26.1. The van der Waals surface area contributed by atoms with Gasteiger partial charge in [0.05, 0.1) is 18.0 Å². The van der Waals surface area contributed by atoms with Crippen molar-refractivity contribution in [2.45, 2.75) is 46.6 Å². The minimum atomic E-state index is -1.82. The number of nitrogens with zero attached hydrogens (tertiary/aromatic N) is 2. The van der Waals surface area contributed by atoms with E-state index in [0.717, 1.165) is 11.1 Å². The Labute approximate surface area is 177 Å². The summed E-state index contributed by atoms with van der Waals surface area (Å²) in [6, 6.07) is 11.7. The van der Waals surface area contributed by atoms with Gasteiger partial charge < -0.3 is 10.0 Å². The Morgan fingerprint density at radius 2 is 1.67 bits per heavy atom. The molecule has 0 aromatic heterocycles. The number of benzene rings is 2. The summed E-state index contributed by atoms with van der Waals surface area (Å²) in [5.74, 6) is -0.931. The highest BCUT2D eigenvalue weighted by Gasteiger charge is 2.30. The van der Waals surface area contributed by atoms with Crippen molar-refractivity contribution >= 4 is 24.4 Å². The molecule has 0 aliphatic heterocycles. The number of hydrazine groups is 1. The van der Waals surface area contributed by atoms with Crippen LogP contribution in [0, 0.1) is 25.2 Å². The Morgan fingerprint density at radius 3 is 2.17 bits per heavy atom. The smallest absolute Gasteiger partial charge is 0.423 e. The van der Waals surface area contributed by atoms with Crippen LogP contribution in [-0.2, 0) is 6.42 Å². The first-order valence-corrected chi connectivity index (χ1v) is 9.53. The van der Waals surface area contributed by atoms with E-state index in [9.17, 15) is 19.6 Å². The number of hydrogen-bond acceptors (Lipinski definition) is 5. The van der Waals surface area contributed by atoms with Gasteiger partial charge in [-0.2, -0.15) is 5.26 Å². The van der Waals surface area contributed by atoms with Gasteiger partial charge in [0.15, 0.2) is 0 Å². The average molecular weight is 407 g/mol. The molecule has 0 spiro atoms. The summed E-state index contributed by atoms with van der Waals surface area (Å²) in [7, 11) is -1.82. The first-order chi connectivity index (χ1) is 13.9. The minimum absolute atomic E-state index is 0.0197. The maximum atomic E-state index is 13.2.